The summed E-state index contributed by atoms with van der Waals surface area (Å²) in [5.74, 6) is 1.63. The van der Waals surface area contributed by atoms with Crippen LogP contribution in [0, 0.1) is 17.3 Å². The van der Waals surface area contributed by atoms with Gasteiger partial charge in [-0.1, -0.05) is 34.6 Å². The minimum atomic E-state index is -0.0278. The molecule has 112 valence electrons. The minimum absolute atomic E-state index is 0.0278. The van der Waals surface area contributed by atoms with Gasteiger partial charge >= 0.3 is 0 Å². The van der Waals surface area contributed by atoms with Gasteiger partial charge in [-0.15, -0.1) is 0 Å². The molecule has 0 radical (unpaired) electrons. The van der Waals surface area contributed by atoms with Gasteiger partial charge in [-0.3, -0.25) is 4.79 Å². The van der Waals surface area contributed by atoms with Crippen molar-refractivity contribution >= 4 is 5.91 Å². The van der Waals surface area contributed by atoms with Crippen molar-refractivity contribution in [3.8, 4) is 0 Å². The largest absolute Gasteiger partial charge is 0.353 e. The Morgan fingerprint density at radius 3 is 2.42 bits per heavy atom. The normalized spacial score (nSPS) is 29.9. The van der Waals surface area contributed by atoms with E-state index in [1.165, 1.54) is 6.42 Å². The van der Waals surface area contributed by atoms with Crippen LogP contribution < -0.4 is 11.1 Å². The zero-order valence-corrected chi connectivity index (χ0v) is 13.3. The third-order valence-corrected chi connectivity index (χ3v) is 4.29. The minimum Gasteiger partial charge on any atom is -0.353 e. The maximum absolute atomic E-state index is 12.0. The summed E-state index contributed by atoms with van der Waals surface area (Å²) in [6.07, 6.45) is 4.80. The van der Waals surface area contributed by atoms with E-state index < -0.39 is 0 Å². The molecule has 0 aromatic rings. The van der Waals surface area contributed by atoms with Crippen LogP contribution in [-0.4, -0.2) is 18.0 Å². The fourth-order valence-electron chi connectivity index (χ4n) is 3.06. The molecule has 3 heteroatoms. The molecule has 0 saturated heterocycles. The molecule has 0 bridgehead atoms. The molecule has 1 aliphatic rings. The number of carbonyl (C=O) groups excluding carboxylic acids is 1. The Hall–Kier alpha value is -0.570. The quantitative estimate of drug-likeness (QED) is 0.823. The number of rotatable bonds is 4. The Balaban J connectivity index is 2.31. The van der Waals surface area contributed by atoms with Crippen molar-refractivity contribution in [1.82, 2.24) is 5.32 Å². The highest BCUT2D eigenvalue weighted by Crippen LogP contribution is 2.29. The third-order valence-electron chi connectivity index (χ3n) is 4.29. The summed E-state index contributed by atoms with van der Waals surface area (Å²) >= 11 is 0. The van der Waals surface area contributed by atoms with Gasteiger partial charge in [0.15, 0.2) is 0 Å². The van der Waals surface area contributed by atoms with E-state index >= 15 is 0 Å². The maximum atomic E-state index is 12.0. The van der Waals surface area contributed by atoms with E-state index in [0.29, 0.717) is 18.4 Å². The molecule has 0 heterocycles. The first-order chi connectivity index (χ1) is 8.67. The van der Waals surface area contributed by atoms with Crippen LogP contribution >= 0.6 is 0 Å². The molecule has 0 spiro atoms. The van der Waals surface area contributed by atoms with E-state index in [-0.39, 0.29) is 17.4 Å². The molecule has 4 atom stereocenters. The van der Waals surface area contributed by atoms with Gasteiger partial charge in [0.25, 0.3) is 0 Å². The summed E-state index contributed by atoms with van der Waals surface area (Å²) in [6.45, 7) is 11.1. The van der Waals surface area contributed by atoms with Crippen molar-refractivity contribution in [2.24, 2.45) is 23.0 Å². The Bertz CT molecular complexity index is 296. The predicted molar refractivity (Wildman–Crippen MR) is 80.8 cm³/mol. The second-order valence-electron chi connectivity index (χ2n) is 7.76. The van der Waals surface area contributed by atoms with E-state index in [9.17, 15) is 4.79 Å². The molecule has 1 fully saturated rings. The average Bonchev–Trinajstić information content (AvgIpc) is 2.20. The Morgan fingerprint density at radius 2 is 1.89 bits per heavy atom. The third kappa shape index (κ3) is 6.42. The molecule has 1 amide bonds. The van der Waals surface area contributed by atoms with Crippen LogP contribution in [0.25, 0.3) is 0 Å². The van der Waals surface area contributed by atoms with Crippen molar-refractivity contribution in [3.63, 3.8) is 0 Å². The summed E-state index contributed by atoms with van der Waals surface area (Å²) in [5.41, 5.74) is 6.24. The highest BCUT2D eigenvalue weighted by atomic mass is 16.1. The lowest BCUT2D eigenvalue weighted by molar-refractivity contribution is -0.122. The van der Waals surface area contributed by atoms with Crippen LogP contribution in [0.4, 0.5) is 0 Å². The molecular weight excluding hydrogens is 236 g/mol. The van der Waals surface area contributed by atoms with Gasteiger partial charge in [0.2, 0.25) is 5.91 Å². The van der Waals surface area contributed by atoms with E-state index in [2.05, 4.69) is 39.9 Å². The lowest BCUT2D eigenvalue weighted by Crippen LogP contribution is -2.42. The molecule has 0 aromatic carbocycles. The van der Waals surface area contributed by atoms with Gasteiger partial charge in [0, 0.05) is 18.5 Å². The fourth-order valence-corrected chi connectivity index (χ4v) is 3.06. The molecule has 0 aromatic heterocycles. The first kappa shape index (κ1) is 16.5. The molecule has 3 N–H and O–H groups in total. The summed E-state index contributed by atoms with van der Waals surface area (Å²) in [4.78, 5) is 12.0. The zero-order chi connectivity index (χ0) is 14.6. The van der Waals surface area contributed by atoms with Crippen molar-refractivity contribution in [2.45, 2.75) is 78.8 Å². The average molecular weight is 268 g/mol. The number of hydrogen-bond acceptors (Lipinski definition) is 2. The fraction of sp³-hybridized carbons (Fsp3) is 0.938. The second kappa shape index (κ2) is 6.74. The second-order valence-corrected chi connectivity index (χ2v) is 7.76. The van der Waals surface area contributed by atoms with Crippen molar-refractivity contribution in [1.29, 1.82) is 0 Å². The molecule has 0 aliphatic heterocycles. The van der Waals surface area contributed by atoms with Gasteiger partial charge in [0.1, 0.15) is 0 Å². The van der Waals surface area contributed by atoms with Crippen LogP contribution in [0.15, 0.2) is 0 Å². The SMILES string of the molecule is CC1CCC(NC(=O)CC(N)CC(C)(C)C)CC1C. The molecule has 1 saturated carbocycles. The number of nitrogens with two attached hydrogens (primary N) is 1. The summed E-state index contributed by atoms with van der Waals surface area (Å²) in [6, 6.07) is 0.334. The van der Waals surface area contributed by atoms with Gasteiger partial charge in [-0.25, -0.2) is 0 Å². The predicted octanol–water partition coefficient (Wildman–Crippen LogP) is 3.08. The van der Waals surface area contributed by atoms with Crippen LogP contribution in [-0.2, 0) is 4.79 Å². The van der Waals surface area contributed by atoms with Gasteiger partial charge in [0.05, 0.1) is 0 Å². The number of amides is 1. The molecule has 19 heavy (non-hydrogen) atoms. The van der Waals surface area contributed by atoms with E-state index in [1.807, 2.05) is 0 Å². The van der Waals surface area contributed by atoms with Gasteiger partial charge in [-0.2, -0.15) is 0 Å². The Labute approximate surface area is 118 Å². The molecular formula is C16H32N2O. The molecule has 3 nitrogen and oxygen atoms in total. The lowest BCUT2D eigenvalue weighted by Gasteiger charge is -2.33. The summed E-state index contributed by atoms with van der Waals surface area (Å²) < 4.78 is 0. The van der Waals surface area contributed by atoms with Crippen LogP contribution in [0.2, 0.25) is 0 Å². The van der Waals surface area contributed by atoms with Crippen LogP contribution in [0.1, 0.15) is 66.7 Å². The van der Waals surface area contributed by atoms with Gasteiger partial charge < -0.3 is 11.1 Å². The monoisotopic (exact) mass is 268 g/mol. The maximum Gasteiger partial charge on any atom is 0.221 e. The highest BCUT2D eigenvalue weighted by molar-refractivity contribution is 5.76. The van der Waals surface area contributed by atoms with E-state index in [0.717, 1.165) is 25.2 Å². The summed E-state index contributed by atoms with van der Waals surface area (Å²) in [7, 11) is 0. The number of carbonyl (C=O) groups is 1. The lowest BCUT2D eigenvalue weighted by atomic mass is 9.79. The van der Waals surface area contributed by atoms with Crippen molar-refractivity contribution in [2.75, 3.05) is 0 Å². The standard InChI is InChI=1S/C16H32N2O/c1-11-6-7-14(8-12(11)2)18-15(19)9-13(17)10-16(3,4)5/h11-14H,6-10,17H2,1-5H3,(H,18,19). The van der Waals surface area contributed by atoms with Crippen LogP contribution in [0.5, 0.6) is 0 Å². The number of hydrogen-bond donors (Lipinski definition) is 2. The molecule has 1 rings (SSSR count). The highest BCUT2D eigenvalue weighted by Gasteiger charge is 2.26. The van der Waals surface area contributed by atoms with Crippen molar-refractivity contribution < 1.29 is 4.79 Å². The number of nitrogens with one attached hydrogen (secondary N) is 1. The van der Waals surface area contributed by atoms with Crippen molar-refractivity contribution in [3.05, 3.63) is 0 Å². The smallest absolute Gasteiger partial charge is 0.221 e. The van der Waals surface area contributed by atoms with E-state index in [1.54, 1.807) is 0 Å². The Morgan fingerprint density at radius 1 is 1.26 bits per heavy atom. The summed E-state index contributed by atoms with van der Waals surface area (Å²) in [5, 5.41) is 3.17. The zero-order valence-electron chi connectivity index (χ0n) is 13.3. The van der Waals surface area contributed by atoms with Crippen LogP contribution in [0.3, 0.4) is 0 Å². The van der Waals surface area contributed by atoms with Gasteiger partial charge in [-0.05, 0) is 42.9 Å². The Kier molecular flexibility index (Phi) is 5.84. The first-order valence-electron chi connectivity index (χ1n) is 7.72. The molecule has 4 unspecified atom stereocenters. The topological polar surface area (TPSA) is 55.1 Å². The van der Waals surface area contributed by atoms with E-state index in [4.69, 9.17) is 5.73 Å². The molecule has 1 aliphatic carbocycles. The first-order valence-corrected chi connectivity index (χ1v) is 7.72.